The normalized spacial score (nSPS) is 11.0. The summed E-state index contributed by atoms with van der Waals surface area (Å²) < 4.78 is 0. The van der Waals surface area contributed by atoms with Crippen molar-refractivity contribution in [3.8, 4) is 0 Å². The fourth-order valence-corrected chi connectivity index (χ4v) is 2.61. The first kappa shape index (κ1) is 14.8. The van der Waals surface area contributed by atoms with Crippen LogP contribution in [0.1, 0.15) is 15.9 Å². The molecule has 3 nitrogen and oxygen atoms in total. The zero-order valence-electron chi connectivity index (χ0n) is 12.1. The molecule has 3 rings (SSSR count). The summed E-state index contributed by atoms with van der Waals surface area (Å²) in [5.74, 6) is 0.105. The second kappa shape index (κ2) is 6.77. The van der Waals surface area contributed by atoms with Crippen molar-refractivity contribution in [3.63, 3.8) is 0 Å². The zero-order chi connectivity index (χ0) is 15.4. The smallest absolute Gasteiger partial charge is 0.178 e. The van der Waals surface area contributed by atoms with Gasteiger partial charge in [0.15, 0.2) is 5.78 Å². The molecule has 0 atom stereocenters. The topological polar surface area (TPSA) is 44.9 Å². The summed E-state index contributed by atoms with van der Waals surface area (Å²) in [5.41, 5.74) is 2.94. The molecule has 0 aliphatic heterocycles. The lowest BCUT2D eigenvalue weighted by Crippen LogP contribution is -2.25. The van der Waals surface area contributed by atoms with Gasteiger partial charge in [-0.15, -0.1) is 0 Å². The molecule has 2 N–H and O–H groups in total. The van der Waals surface area contributed by atoms with Gasteiger partial charge in [-0.05, 0) is 36.7 Å². The third-order valence-corrected chi connectivity index (χ3v) is 3.93. The van der Waals surface area contributed by atoms with Gasteiger partial charge in [-0.3, -0.25) is 4.79 Å². The summed E-state index contributed by atoms with van der Waals surface area (Å²) in [4.78, 5) is 15.4. The minimum absolute atomic E-state index is 0.105. The molecule has 2 aromatic carbocycles. The average Bonchev–Trinajstić information content (AvgIpc) is 2.97. The van der Waals surface area contributed by atoms with Crippen molar-refractivity contribution in [2.45, 2.75) is 6.42 Å². The van der Waals surface area contributed by atoms with Crippen LogP contribution in [0.4, 0.5) is 0 Å². The number of rotatable bonds is 6. The maximum Gasteiger partial charge on any atom is 0.178 e. The standard InChI is InChI=1S/C18H17ClN2O/c19-14-7-5-13(6-8-14)9-10-20-12-18(22)16-11-21-17-4-2-1-3-15(16)17/h1-8,11,20-21H,9-10,12H2. The molecule has 4 heteroatoms. The van der Waals surface area contributed by atoms with Crippen LogP contribution in [0.5, 0.6) is 0 Å². The number of ketones is 1. The van der Waals surface area contributed by atoms with E-state index in [1.165, 1.54) is 5.56 Å². The van der Waals surface area contributed by atoms with Gasteiger partial charge in [-0.1, -0.05) is 41.9 Å². The number of nitrogens with one attached hydrogen (secondary N) is 2. The largest absolute Gasteiger partial charge is 0.360 e. The predicted octanol–water partition coefficient (Wildman–Crippen LogP) is 3.84. The summed E-state index contributed by atoms with van der Waals surface area (Å²) in [5, 5.41) is 4.93. The Bertz CT molecular complexity index is 777. The maximum atomic E-state index is 12.3. The van der Waals surface area contributed by atoms with Crippen LogP contribution in [0.3, 0.4) is 0 Å². The molecule has 1 aromatic heterocycles. The van der Waals surface area contributed by atoms with E-state index >= 15 is 0 Å². The van der Waals surface area contributed by atoms with Gasteiger partial charge in [-0.25, -0.2) is 0 Å². The van der Waals surface area contributed by atoms with Gasteiger partial charge in [-0.2, -0.15) is 0 Å². The highest BCUT2D eigenvalue weighted by molar-refractivity contribution is 6.30. The quantitative estimate of drug-likeness (QED) is 0.536. The Morgan fingerprint density at radius 1 is 1.09 bits per heavy atom. The van der Waals surface area contributed by atoms with Crippen molar-refractivity contribution in [2.75, 3.05) is 13.1 Å². The van der Waals surface area contributed by atoms with Gasteiger partial charge in [0.25, 0.3) is 0 Å². The van der Waals surface area contributed by atoms with Crippen molar-refractivity contribution in [3.05, 3.63) is 70.9 Å². The molecule has 0 saturated heterocycles. The maximum absolute atomic E-state index is 12.3. The molecule has 0 saturated carbocycles. The first-order chi connectivity index (χ1) is 10.7. The third kappa shape index (κ3) is 3.38. The molecule has 3 aromatic rings. The number of carbonyl (C=O) groups is 1. The molecule has 0 aliphatic carbocycles. The Balaban J connectivity index is 1.53. The highest BCUT2D eigenvalue weighted by Gasteiger charge is 2.10. The van der Waals surface area contributed by atoms with Gasteiger partial charge in [0.2, 0.25) is 0 Å². The van der Waals surface area contributed by atoms with Crippen LogP contribution in [0.2, 0.25) is 5.02 Å². The van der Waals surface area contributed by atoms with Gasteiger partial charge in [0, 0.05) is 27.7 Å². The molecule has 112 valence electrons. The van der Waals surface area contributed by atoms with Gasteiger partial charge >= 0.3 is 0 Å². The van der Waals surface area contributed by atoms with E-state index < -0.39 is 0 Å². The number of carbonyl (C=O) groups excluding carboxylic acids is 1. The number of hydrogen-bond donors (Lipinski definition) is 2. The van der Waals surface area contributed by atoms with Crippen molar-refractivity contribution in [1.29, 1.82) is 0 Å². The summed E-state index contributed by atoms with van der Waals surface area (Å²) in [6.45, 7) is 1.10. The molecular weight excluding hydrogens is 296 g/mol. The monoisotopic (exact) mass is 312 g/mol. The van der Waals surface area contributed by atoms with Crippen molar-refractivity contribution in [2.24, 2.45) is 0 Å². The molecule has 0 fully saturated rings. The van der Waals surface area contributed by atoms with E-state index in [1.807, 2.05) is 48.5 Å². The minimum atomic E-state index is 0.105. The lowest BCUT2D eigenvalue weighted by atomic mass is 10.1. The summed E-state index contributed by atoms with van der Waals surface area (Å²) in [6, 6.07) is 15.6. The predicted molar refractivity (Wildman–Crippen MR) is 90.7 cm³/mol. The fourth-order valence-electron chi connectivity index (χ4n) is 2.48. The second-order valence-electron chi connectivity index (χ2n) is 5.22. The van der Waals surface area contributed by atoms with Crippen LogP contribution in [-0.2, 0) is 6.42 Å². The molecule has 0 spiro atoms. The number of aromatic amines is 1. The van der Waals surface area contributed by atoms with E-state index in [9.17, 15) is 4.79 Å². The van der Waals surface area contributed by atoms with E-state index in [-0.39, 0.29) is 5.78 Å². The molecular formula is C18H17ClN2O. The molecule has 0 bridgehead atoms. The minimum Gasteiger partial charge on any atom is -0.360 e. The van der Waals surface area contributed by atoms with Crippen LogP contribution in [0.25, 0.3) is 10.9 Å². The molecule has 0 radical (unpaired) electrons. The Kier molecular flexibility index (Phi) is 4.56. The summed E-state index contributed by atoms with van der Waals surface area (Å²) in [7, 11) is 0. The number of aromatic nitrogens is 1. The van der Waals surface area contributed by atoms with Gasteiger partial charge in [0.05, 0.1) is 6.54 Å². The fraction of sp³-hybridized carbons (Fsp3) is 0.167. The van der Waals surface area contributed by atoms with Crippen LogP contribution < -0.4 is 5.32 Å². The highest BCUT2D eigenvalue weighted by atomic mass is 35.5. The van der Waals surface area contributed by atoms with Crippen molar-refractivity contribution < 1.29 is 4.79 Å². The Hall–Kier alpha value is -2.10. The van der Waals surface area contributed by atoms with E-state index in [2.05, 4.69) is 10.3 Å². The van der Waals surface area contributed by atoms with Crippen LogP contribution in [0.15, 0.2) is 54.7 Å². The van der Waals surface area contributed by atoms with Crippen molar-refractivity contribution >= 4 is 28.3 Å². The Morgan fingerprint density at radius 2 is 1.86 bits per heavy atom. The van der Waals surface area contributed by atoms with Gasteiger partial charge < -0.3 is 10.3 Å². The number of para-hydroxylation sites is 1. The molecule has 22 heavy (non-hydrogen) atoms. The third-order valence-electron chi connectivity index (χ3n) is 3.68. The number of fused-ring (bicyclic) bond motifs is 1. The SMILES string of the molecule is O=C(CNCCc1ccc(Cl)cc1)c1c[nH]c2ccccc12. The van der Waals surface area contributed by atoms with E-state index in [0.29, 0.717) is 6.54 Å². The number of hydrogen-bond acceptors (Lipinski definition) is 2. The number of halogens is 1. The lowest BCUT2D eigenvalue weighted by molar-refractivity contribution is 0.0993. The van der Waals surface area contributed by atoms with E-state index in [0.717, 1.165) is 34.5 Å². The average molecular weight is 313 g/mol. The van der Waals surface area contributed by atoms with Crippen molar-refractivity contribution in [1.82, 2.24) is 10.3 Å². The summed E-state index contributed by atoms with van der Waals surface area (Å²) in [6.07, 6.45) is 2.66. The first-order valence-corrected chi connectivity index (χ1v) is 7.66. The van der Waals surface area contributed by atoms with Crippen LogP contribution >= 0.6 is 11.6 Å². The molecule has 0 unspecified atom stereocenters. The van der Waals surface area contributed by atoms with Crippen LogP contribution in [-0.4, -0.2) is 23.9 Å². The van der Waals surface area contributed by atoms with Crippen LogP contribution in [0, 0.1) is 0 Å². The lowest BCUT2D eigenvalue weighted by Gasteiger charge is -2.04. The molecule has 1 heterocycles. The number of benzene rings is 2. The first-order valence-electron chi connectivity index (χ1n) is 7.28. The summed E-state index contributed by atoms with van der Waals surface area (Å²) >= 11 is 5.86. The van der Waals surface area contributed by atoms with E-state index in [1.54, 1.807) is 6.20 Å². The zero-order valence-corrected chi connectivity index (χ0v) is 12.9. The highest BCUT2D eigenvalue weighted by Crippen LogP contribution is 2.17. The Labute approximate surface area is 134 Å². The van der Waals surface area contributed by atoms with E-state index in [4.69, 9.17) is 11.6 Å². The molecule has 0 amide bonds. The van der Waals surface area contributed by atoms with Gasteiger partial charge in [0.1, 0.15) is 0 Å². The Morgan fingerprint density at radius 3 is 2.68 bits per heavy atom. The number of Topliss-reactive ketones (excluding diaryl/α,β-unsaturated/α-hetero) is 1. The molecule has 0 aliphatic rings. The second-order valence-corrected chi connectivity index (χ2v) is 5.66. The number of H-pyrrole nitrogens is 1.